The number of benzene rings is 1. The molecule has 1 rings (SSSR count). The quantitative estimate of drug-likeness (QED) is 0.340. The van der Waals surface area contributed by atoms with E-state index in [1.165, 1.54) is 0 Å². The Bertz CT molecular complexity index is 832. The van der Waals surface area contributed by atoms with Crippen LogP contribution >= 0.6 is 0 Å². The molecular formula is C14H7F13N2O2. The molecule has 0 aliphatic rings. The van der Waals surface area contributed by atoms with Crippen LogP contribution in [0.1, 0.15) is 5.56 Å². The Hall–Kier alpha value is -2.75. The summed E-state index contributed by atoms with van der Waals surface area (Å²) in [4.78, 5) is 11.1. The number of phenols is 1. The third kappa shape index (κ3) is 4.21. The number of nitrogens with zero attached hydrogens (tertiary/aromatic N) is 1. The molecule has 0 aromatic heterocycles. The molecule has 4 nitrogen and oxygen atoms in total. The molecule has 0 atom stereocenters. The van der Waals surface area contributed by atoms with E-state index in [1.807, 2.05) is 0 Å². The summed E-state index contributed by atoms with van der Waals surface area (Å²) in [5.74, 6) is -42.6. The van der Waals surface area contributed by atoms with E-state index in [0.29, 0.717) is 11.6 Å². The maximum Gasteiger partial charge on any atom is 0.460 e. The van der Waals surface area contributed by atoms with Gasteiger partial charge in [0.1, 0.15) is 5.75 Å². The number of nitrogens with one attached hydrogen (secondary N) is 1. The van der Waals surface area contributed by atoms with Crippen LogP contribution in [0.15, 0.2) is 29.4 Å². The van der Waals surface area contributed by atoms with Crippen LogP contribution in [0.5, 0.6) is 5.75 Å². The molecule has 176 valence electrons. The van der Waals surface area contributed by atoms with E-state index in [4.69, 9.17) is 5.11 Å². The van der Waals surface area contributed by atoms with Gasteiger partial charge in [-0.05, 0) is 29.8 Å². The highest BCUT2D eigenvalue weighted by Gasteiger charge is 2.91. The molecule has 0 saturated carbocycles. The fraction of sp³-hybridized carbons (Fsp3) is 0.429. The fourth-order valence-electron chi connectivity index (χ4n) is 1.71. The lowest BCUT2D eigenvalue weighted by atomic mass is 9.93. The molecule has 1 amide bonds. The summed E-state index contributed by atoms with van der Waals surface area (Å²) < 4.78 is 168. The predicted octanol–water partition coefficient (Wildman–Crippen LogP) is 4.58. The lowest BCUT2D eigenvalue weighted by Gasteiger charge is -2.38. The van der Waals surface area contributed by atoms with E-state index < -0.39 is 41.7 Å². The zero-order chi connectivity index (χ0) is 24.7. The van der Waals surface area contributed by atoms with Crippen molar-refractivity contribution in [1.29, 1.82) is 0 Å². The van der Waals surface area contributed by atoms with Crippen LogP contribution < -0.4 is 5.43 Å². The minimum atomic E-state index is -8.10. The van der Waals surface area contributed by atoms with Gasteiger partial charge >= 0.3 is 41.7 Å². The SMILES string of the molecule is O=C(NN=Cc1ccc(O)cc1)C(F)(F)C(F)(F)C(F)(F)C(F)(F)C(F)(F)C(F)(F)F. The number of alkyl halides is 13. The maximum absolute atomic E-state index is 13.5. The number of hydrogen-bond acceptors (Lipinski definition) is 3. The molecule has 0 bridgehead atoms. The first-order chi connectivity index (χ1) is 13.6. The van der Waals surface area contributed by atoms with Crippen LogP contribution in [0.25, 0.3) is 0 Å². The van der Waals surface area contributed by atoms with Crippen LogP contribution in [-0.2, 0) is 4.79 Å². The third-order valence-electron chi connectivity index (χ3n) is 3.49. The molecule has 0 aliphatic carbocycles. The molecule has 0 aliphatic heterocycles. The molecule has 0 fully saturated rings. The first kappa shape index (κ1) is 26.3. The van der Waals surface area contributed by atoms with E-state index in [9.17, 15) is 61.9 Å². The second-order valence-corrected chi connectivity index (χ2v) is 5.66. The summed E-state index contributed by atoms with van der Waals surface area (Å²) in [7, 11) is 0. The summed E-state index contributed by atoms with van der Waals surface area (Å²) in [6.07, 6.45) is -7.13. The molecule has 0 saturated heterocycles. The summed E-state index contributed by atoms with van der Waals surface area (Å²) in [5, 5.41) is 11.6. The Kier molecular flexibility index (Phi) is 6.56. The highest BCUT2D eigenvalue weighted by atomic mass is 19.4. The van der Waals surface area contributed by atoms with E-state index in [2.05, 4.69) is 5.10 Å². The first-order valence-electron chi connectivity index (χ1n) is 7.23. The summed E-state index contributed by atoms with van der Waals surface area (Å²) in [5.41, 5.74) is 0.419. The molecule has 17 heteroatoms. The average Bonchev–Trinajstić information content (AvgIpc) is 2.61. The van der Waals surface area contributed by atoms with Crippen molar-refractivity contribution in [1.82, 2.24) is 5.43 Å². The number of phenolic OH excluding ortho intramolecular Hbond substituents is 1. The number of halogens is 13. The lowest BCUT2D eigenvalue weighted by Crippen LogP contribution is -2.71. The zero-order valence-corrected chi connectivity index (χ0v) is 14.1. The number of hydrogen-bond donors (Lipinski definition) is 2. The van der Waals surface area contributed by atoms with Gasteiger partial charge in [-0.15, -0.1) is 0 Å². The molecule has 0 spiro atoms. The van der Waals surface area contributed by atoms with Gasteiger partial charge in [0.05, 0.1) is 6.21 Å². The number of amides is 1. The number of rotatable bonds is 7. The maximum atomic E-state index is 13.5. The largest absolute Gasteiger partial charge is 0.508 e. The monoisotopic (exact) mass is 482 g/mol. The zero-order valence-electron chi connectivity index (χ0n) is 14.1. The molecule has 2 N–H and O–H groups in total. The minimum absolute atomic E-state index is 0.116. The minimum Gasteiger partial charge on any atom is -0.508 e. The van der Waals surface area contributed by atoms with Gasteiger partial charge in [0.25, 0.3) is 0 Å². The lowest BCUT2D eigenvalue weighted by molar-refractivity contribution is -0.436. The topological polar surface area (TPSA) is 61.7 Å². The van der Waals surface area contributed by atoms with Crippen LogP contribution in [0.3, 0.4) is 0 Å². The third-order valence-corrected chi connectivity index (χ3v) is 3.49. The molecular weight excluding hydrogens is 475 g/mol. The summed E-state index contributed by atoms with van der Waals surface area (Å²) in [6, 6.07) is 3.97. The van der Waals surface area contributed by atoms with Gasteiger partial charge in [0, 0.05) is 0 Å². The number of hydrazone groups is 1. The predicted molar refractivity (Wildman–Crippen MR) is 74.6 cm³/mol. The van der Waals surface area contributed by atoms with E-state index in [0.717, 1.165) is 24.3 Å². The number of carbonyl (C=O) groups excluding carboxylic acids is 1. The summed E-state index contributed by atoms with van der Waals surface area (Å²) >= 11 is 0. The Balaban J connectivity index is 3.23. The van der Waals surface area contributed by atoms with Gasteiger partial charge in [0.2, 0.25) is 0 Å². The normalized spacial score (nSPS) is 14.7. The Morgan fingerprint density at radius 1 is 0.742 bits per heavy atom. The van der Waals surface area contributed by atoms with Crippen LogP contribution in [0.4, 0.5) is 57.1 Å². The standard InChI is InChI=1S/C14H7F13N2O2/c15-9(16,8(31)29-28-5-6-1-3-7(30)4-2-6)10(17,18)11(19,20)12(21,22)13(23,24)14(25,26)27/h1-5,30H,(H,29,31). The van der Waals surface area contributed by atoms with Crippen LogP contribution in [0, 0.1) is 0 Å². The molecule has 31 heavy (non-hydrogen) atoms. The van der Waals surface area contributed by atoms with Crippen molar-refractivity contribution in [3.63, 3.8) is 0 Å². The van der Waals surface area contributed by atoms with Crippen molar-refractivity contribution >= 4 is 12.1 Å². The van der Waals surface area contributed by atoms with Gasteiger partial charge in [-0.2, -0.15) is 62.2 Å². The number of aromatic hydroxyl groups is 1. The number of carbonyl (C=O) groups is 1. The Morgan fingerprint density at radius 2 is 1.16 bits per heavy atom. The van der Waals surface area contributed by atoms with Crippen LogP contribution in [-0.4, -0.2) is 53.0 Å². The second-order valence-electron chi connectivity index (χ2n) is 5.66. The fourth-order valence-corrected chi connectivity index (χ4v) is 1.71. The molecule has 1 aromatic rings. The van der Waals surface area contributed by atoms with E-state index in [-0.39, 0.29) is 11.3 Å². The van der Waals surface area contributed by atoms with Gasteiger partial charge in [-0.25, -0.2) is 5.43 Å². The van der Waals surface area contributed by atoms with Gasteiger partial charge < -0.3 is 5.11 Å². The van der Waals surface area contributed by atoms with Crippen molar-refractivity contribution in [3.05, 3.63) is 29.8 Å². The highest BCUT2D eigenvalue weighted by molar-refractivity contribution is 5.87. The molecule has 0 heterocycles. The van der Waals surface area contributed by atoms with E-state index >= 15 is 0 Å². The highest BCUT2D eigenvalue weighted by Crippen LogP contribution is 2.60. The van der Waals surface area contributed by atoms with Crippen molar-refractivity contribution in [2.45, 2.75) is 35.8 Å². The molecule has 1 aromatic carbocycles. The van der Waals surface area contributed by atoms with Gasteiger partial charge in [-0.3, -0.25) is 4.79 Å². The van der Waals surface area contributed by atoms with Gasteiger partial charge in [-0.1, -0.05) is 0 Å². The van der Waals surface area contributed by atoms with E-state index in [1.54, 1.807) is 0 Å². The second kappa shape index (κ2) is 7.74. The van der Waals surface area contributed by atoms with Crippen molar-refractivity contribution in [2.75, 3.05) is 0 Å². The van der Waals surface area contributed by atoms with Crippen molar-refractivity contribution < 1.29 is 67.0 Å². The first-order valence-corrected chi connectivity index (χ1v) is 7.23. The molecule has 0 radical (unpaired) electrons. The smallest absolute Gasteiger partial charge is 0.460 e. The van der Waals surface area contributed by atoms with Crippen molar-refractivity contribution in [2.24, 2.45) is 5.10 Å². The Labute approximate surface area is 162 Å². The van der Waals surface area contributed by atoms with Crippen molar-refractivity contribution in [3.8, 4) is 5.75 Å². The Morgan fingerprint density at radius 3 is 1.58 bits per heavy atom. The van der Waals surface area contributed by atoms with Gasteiger partial charge in [0.15, 0.2) is 0 Å². The summed E-state index contributed by atoms with van der Waals surface area (Å²) in [6.45, 7) is 0. The molecule has 0 unspecified atom stereocenters. The average molecular weight is 482 g/mol. The van der Waals surface area contributed by atoms with Crippen LogP contribution in [0.2, 0.25) is 0 Å².